The van der Waals surface area contributed by atoms with E-state index in [1.54, 1.807) is 36.4 Å². The number of aliphatic carboxylic acids is 1. The summed E-state index contributed by atoms with van der Waals surface area (Å²) in [5.74, 6) is 3.07. The van der Waals surface area contributed by atoms with Gasteiger partial charge in [-0.05, 0) is 42.0 Å². The first-order valence-electron chi connectivity index (χ1n) is 9.21. The van der Waals surface area contributed by atoms with E-state index >= 15 is 0 Å². The molecule has 0 aromatic heterocycles. The molecule has 0 spiro atoms. The average molecular weight is 433 g/mol. The number of nitrogens with two attached hydrogens (primary N) is 1. The van der Waals surface area contributed by atoms with Crippen LogP contribution in [0.4, 0.5) is 11.4 Å². The van der Waals surface area contributed by atoms with E-state index in [0.29, 0.717) is 11.4 Å². The van der Waals surface area contributed by atoms with Crippen LogP contribution in [-0.4, -0.2) is 24.4 Å². The number of carboxylic acid groups (broad SMARTS) is 1. The molecule has 7 nitrogen and oxygen atoms in total. The largest absolute Gasteiger partial charge is 0.478 e. The molecule has 0 saturated heterocycles. The van der Waals surface area contributed by atoms with Gasteiger partial charge in [0.15, 0.2) is 0 Å². The van der Waals surface area contributed by atoms with Crippen molar-refractivity contribution in [2.75, 3.05) is 0 Å². The Morgan fingerprint density at radius 3 is 1.94 bits per heavy atom. The fourth-order valence-electron chi connectivity index (χ4n) is 2.60. The van der Waals surface area contributed by atoms with Gasteiger partial charge in [-0.15, -0.1) is 0 Å². The Balaban J connectivity index is 1.85. The fourth-order valence-corrected chi connectivity index (χ4v) is 3.90. The van der Waals surface area contributed by atoms with E-state index in [4.69, 9.17) is 5.73 Å². The van der Waals surface area contributed by atoms with Crippen molar-refractivity contribution >= 4 is 27.2 Å². The van der Waals surface area contributed by atoms with Gasteiger partial charge in [0.25, 0.3) is 4.87 Å². The molecule has 31 heavy (non-hydrogen) atoms. The zero-order valence-corrected chi connectivity index (χ0v) is 17.2. The third kappa shape index (κ3) is 5.04. The molecule has 0 aliphatic rings. The summed E-state index contributed by atoms with van der Waals surface area (Å²) in [7, 11) is -4.51. The molecule has 0 fully saturated rings. The molecule has 0 aliphatic carbocycles. The topological polar surface area (TPSA) is 122 Å². The lowest BCUT2D eigenvalue weighted by molar-refractivity contribution is -0.138. The molecular formula is C23H19N3O4S. The van der Waals surface area contributed by atoms with E-state index in [0.717, 1.165) is 5.56 Å². The first-order valence-corrected chi connectivity index (χ1v) is 10.7. The standard InChI is InChI=1S/C23H19N3O4S/c24-23(22(27)28,17-7-10-18-8-3-1-4-9-18)31(29,30)21-15-13-20(14-16-21)26-25-19-11-5-2-6-12-19/h1-6,8-9,11-16H,10,24H2,(H,27,28). The summed E-state index contributed by atoms with van der Waals surface area (Å²) < 4.78 is 25.9. The number of nitrogens with zero attached hydrogens (tertiary/aromatic N) is 2. The van der Waals surface area contributed by atoms with Crippen LogP contribution in [-0.2, 0) is 21.1 Å². The normalized spacial score (nSPS) is 13.2. The van der Waals surface area contributed by atoms with Crippen LogP contribution >= 0.6 is 0 Å². The lowest BCUT2D eigenvalue weighted by Gasteiger charge is -2.19. The number of sulfone groups is 1. The van der Waals surface area contributed by atoms with Crippen molar-refractivity contribution in [3.8, 4) is 11.8 Å². The maximum atomic E-state index is 13.0. The molecule has 3 aromatic rings. The second kappa shape index (κ2) is 9.34. The maximum absolute atomic E-state index is 13.0. The summed E-state index contributed by atoms with van der Waals surface area (Å²) in [6.07, 6.45) is 0.168. The molecule has 0 aliphatic heterocycles. The van der Waals surface area contributed by atoms with Gasteiger partial charge in [0, 0.05) is 6.42 Å². The minimum Gasteiger partial charge on any atom is -0.478 e. The number of carboxylic acids is 1. The highest BCUT2D eigenvalue weighted by atomic mass is 32.2. The Bertz CT molecular complexity index is 1250. The van der Waals surface area contributed by atoms with Crippen LogP contribution in [0.15, 0.2) is 100 Å². The molecule has 156 valence electrons. The first kappa shape index (κ1) is 21.9. The summed E-state index contributed by atoms with van der Waals surface area (Å²) in [5.41, 5.74) is 7.64. The molecule has 3 aromatic carbocycles. The Morgan fingerprint density at radius 1 is 0.871 bits per heavy atom. The summed E-state index contributed by atoms with van der Waals surface area (Å²) in [6.45, 7) is 0. The Morgan fingerprint density at radius 2 is 1.39 bits per heavy atom. The number of hydrogen-bond acceptors (Lipinski definition) is 6. The first-order chi connectivity index (χ1) is 14.8. The number of benzene rings is 3. The fraction of sp³-hybridized carbons (Fsp3) is 0.0870. The third-order valence-corrected chi connectivity index (χ3v) is 6.35. The molecule has 8 heteroatoms. The van der Waals surface area contributed by atoms with Crippen LogP contribution < -0.4 is 5.73 Å². The monoisotopic (exact) mass is 433 g/mol. The van der Waals surface area contributed by atoms with Gasteiger partial charge in [-0.2, -0.15) is 10.2 Å². The SMILES string of the molecule is NC(C#CCc1ccccc1)(C(=O)O)S(=O)(=O)c1ccc(N=Nc2ccccc2)cc1. The summed E-state index contributed by atoms with van der Waals surface area (Å²) >= 11 is 0. The van der Waals surface area contributed by atoms with E-state index < -0.39 is 20.7 Å². The van der Waals surface area contributed by atoms with Gasteiger partial charge >= 0.3 is 5.97 Å². The number of carbonyl (C=O) groups is 1. The minimum absolute atomic E-state index is 0.168. The molecule has 3 N–H and O–H groups in total. The molecule has 1 unspecified atom stereocenters. The zero-order chi connectivity index (χ0) is 22.3. The highest BCUT2D eigenvalue weighted by molar-refractivity contribution is 7.93. The molecule has 0 heterocycles. The van der Waals surface area contributed by atoms with E-state index in [9.17, 15) is 18.3 Å². The molecule has 0 bridgehead atoms. The van der Waals surface area contributed by atoms with E-state index in [-0.39, 0.29) is 11.3 Å². The van der Waals surface area contributed by atoms with E-state index in [1.165, 1.54) is 24.3 Å². The average Bonchev–Trinajstić information content (AvgIpc) is 2.79. The van der Waals surface area contributed by atoms with Crippen LogP contribution in [0.3, 0.4) is 0 Å². The van der Waals surface area contributed by atoms with Gasteiger partial charge in [-0.1, -0.05) is 60.4 Å². The quantitative estimate of drug-likeness (QED) is 0.451. The molecule has 1 atom stereocenters. The molecule has 0 saturated carbocycles. The second-order valence-electron chi connectivity index (χ2n) is 6.54. The molecule has 3 rings (SSSR count). The Kier molecular flexibility index (Phi) is 6.60. The van der Waals surface area contributed by atoms with Crippen LogP contribution in [0.5, 0.6) is 0 Å². The Labute approximate surface area is 180 Å². The zero-order valence-electron chi connectivity index (χ0n) is 16.3. The minimum atomic E-state index is -4.51. The number of rotatable bonds is 6. The molecule has 0 amide bonds. The molecule has 0 radical (unpaired) electrons. The van der Waals surface area contributed by atoms with Crippen LogP contribution in [0.25, 0.3) is 0 Å². The van der Waals surface area contributed by atoms with Crippen LogP contribution in [0.1, 0.15) is 5.56 Å². The van der Waals surface area contributed by atoms with E-state index in [1.807, 2.05) is 24.3 Å². The highest BCUT2D eigenvalue weighted by Crippen LogP contribution is 2.25. The third-order valence-electron chi connectivity index (χ3n) is 4.34. The van der Waals surface area contributed by atoms with Crippen molar-refractivity contribution < 1.29 is 18.3 Å². The predicted molar refractivity (Wildman–Crippen MR) is 117 cm³/mol. The van der Waals surface area contributed by atoms with Crippen molar-refractivity contribution in [3.63, 3.8) is 0 Å². The smallest absolute Gasteiger partial charge is 0.352 e. The van der Waals surface area contributed by atoms with Crippen molar-refractivity contribution in [1.29, 1.82) is 0 Å². The van der Waals surface area contributed by atoms with Gasteiger partial charge in [0.1, 0.15) is 0 Å². The van der Waals surface area contributed by atoms with Gasteiger partial charge < -0.3 is 5.11 Å². The van der Waals surface area contributed by atoms with Gasteiger partial charge in [-0.3, -0.25) is 5.73 Å². The molecular weight excluding hydrogens is 414 g/mol. The van der Waals surface area contributed by atoms with Crippen LogP contribution in [0, 0.1) is 11.8 Å². The second-order valence-corrected chi connectivity index (χ2v) is 8.66. The van der Waals surface area contributed by atoms with Gasteiger partial charge in [0.05, 0.1) is 16.3 Å². The number of azo groups is 1. The van der Waals surface area contributed by atoms with E-state index in [2.05, 4.69) is 22.1 Å². The number of hydrogen-bond donors (Lipinski definition) is 2. The summed E-state index contributed by atoms with van der Waals surface area (Å²) in [6, 6.07) is 23.3. The predicted octanol–water partition coefficient (Wildman–Crippen LogP) is 3.86. The van der Waals surface area contributed by atoms with Gasteiger partial charge in [-0.25, -0.2) is 13.2 Å². The maximum Gasteiger partial charge on any atom is 0.352 e. The highest BCUT2D eigenvalue weighted by Gasteiger charge is 2.47. The van der Waals surface area contributed by atoms with Crippen LogP contribution in [0.2, 0.25) is 0 Å². The van der Waals surface area contributed by atoms with Crippen molar-refractivity contribution in [3.05, 3.63) is 90.5 Å². The summed E-state index contributed by atoms with van der Waals surface area (Å²) in [4.78, 5) is 8.71. The summed E-state index contributed by atoms with van der Waals surface area (Å²) in [5, 5.41) is 17.6. The lowest BCUT2D eigenvalue weighted by atomic mass is 10.1. The lowest BCUT2D eigenvalue weighted by Crippen LogP contribution is -2.53. The van der Waals surface area contributed by atoms with Gasteiger partial charge in [0.2, 0.25) is 9.84 Å². The van der Waals surface area contributed by atoms with Crippen molar-refractivity contribution in [1.82, 2.24) is 0 Å². The van der Waals surface area contributed by atoms with Crippen molar-refractivity contribution in [2.24, 2.45) is 16.0 Å². The van der Waals surface area contributed by atoms with Crippen molar-refractivity contribution in [2.45, 2.75) is 16.2 Å². The Hall–Kier alpha value is -3.80.